The zero-order valence-electron chi connectivity index (χ0n) is 23.1. The Bertz CT molecular complexity index is 1390. The fourth-order valence-corrected chi connectivity index (χ4v) is 5.48. The third-order valence-corrected chi connectivity index (χ3v) is 7.63. The van der Waals surface area contributed by atoms with Crippen LogP contribution in [0.25, 0.3) is 10.8 Å². The van der Waals surface area contributed by atoms with Crippen molar-refractivity contribution in [1.29, 1.82) is 0 Å². The lowest BCUT2D eigenvalue weighted by Crippen LogP contribution is -2.56. The van der Waals surface area contributed by atoms with Gasteiger partial charge in [0, 0.05) is 6.42 Å². The minimum Gasteiger partial charge on any atom is -0.370 e. The largest absolute Gasteiger partial charge is 0.370 e. The molecule has 0 aliphatic heterocycles. The van der Waals surface area contributed by atoms with Gasteiger partial charge >= 0.3 is 0 Å². The maximum absolute atomic E-state index is 13.5. The Balaban J connectivity index is 1.45. The highest BCUT2D eigenvalue weighted by Crippen LogP contribution is 2.29. The van der Waals surface area contributed by atoms with Crippen molar-refractivity contribution in [2.75, 3.05) is 0 Å². The Morgan fingerprint density at radius 3 is 2.15 bits per heavy atom. The Morgan fingerprint density at radius 2 is 1.46 bits per heavy atom. The molecule has 1 fully saturated rings. The molecule has 0 radical (unpaired) electrons. The van der Waals surface area contributed by atoms with E-state index in [0.29, 0.717) is 18.0 Å². The quantitative estimate of drug-likeness (QED) is 0.145. The standard InChI is InChI=1S/C31H39N7O3/c32-25(16-20-12-14-23(15-13-20)36-31(34)35)29(40)38-27(17-19-6-1-2-7-19)30(41)37-26(28(33)39)18-22-10-5-9-21-8-3-4-11-24(21)22/h3-5,8-15,19,25-27H,1-2,6-7,16-18,32H2,(H2,33,39)(H,37,41)(H,38,40)(H4,34,35,36)/t25-,26-,27-/m0/s1. The molecule has 0 unspecified atom stereocenters. The summed E-state index contributed by atoms with van der Waals surface area (Å²) in [7, 11) is 0. The van der Waals surface area contributed by atoms with Crippen LogP contribution in [0.3, 0.4) is 0 Å². The van der Waals surface area contributed by atoms with Crippen LogP contribution in [0.15, 0.2) is 71.7 Å². The highest BCUT2D eigenvalue weighted by Gasteiger charge is 2.30. The molecule has 10 nitrogen and oxygen atoms in total. The molecule has 4 rings (SSSR count). The number of nitrogens with two attached hydrogens (primary N) is 4. The average Bonchev–Trinajstić information content (AvgIpc) is 3.46. The molecule has 3 amide bonds. The summed E-state index contributed by atoms with van der Waals surface area (Å²) in [6, 6.07) is 18.1. The lowest BCUT2D eigenvalue weighted by atomic mass is 9.95. The van der Waals surface area contributed by atoms with Gasteiger partial charge in [0.05, 0.1) is 11.7 Å². The number of aliphatic imine (C=N–C) groups is 1. The predicted molar refractivity (Wildman–Crippen MR) is 161 cm³/mol. The van der Waals surface area contributed by atoms with Gasteiger partial charge in [-0.3, -0.25) is 14.4 Å². The number of guanidine groups is 1. The summed E-state index contributed by atoms with van der Waals surface area (Å²) in [4.78, 5) is 43.1. The van der Waals surface area contributed by atoms with Crippen LogP contribution in [0, 0.1) is 5.92 Å². The second kappa shape index (κ2) is 13.8. The van der Waals surface area contributed by atoms with E-state index in [2.05, 4.69) is 15.6 Å². The van der Waals surface area contributed by atoms with Crippen LogP contribution in [0.2, 0.25) is 0 Å². The van der Waals surface area contributed by atoms with Crippen LogP contribution in [0.5, 0.6) is 0 Å². The molecule has 0 saturated heterocycles. The van der Waals surface area contributed by atoms with Gasteiger partial charge < -0.3 is 33.6 Å². The third kappa shape index (κ3) is 8.28. The summed E-state index contributed by atoms with van der Waals surface area (Å²) in [6.07, 6.45) is 5.13. The summed E-state index contributed by atoms with van der Waals surface area (Å²) in [5.41, 5.74) is 25.1. The van der Waals surface area contributed by atoms with E-state index < -0.39 is 35.8 Å². The molecule has 0 bridgehead atoms. The molecule has 41 heavy (non-hydrogen) atoms. The highest BCUT2D eigenvalue weighted by atomic mass is 16.2. The molecular weight excluding hydrogens is 518 g/mol. The summed E-state index contributed by atoms with van der Waals surface area (Å²) in [5, 5.41) is 7.70. The average molecular weight is 558 g/mol. The van der Waals surface area contributed by atoms with E-state index in [1.54, 1.807) is 24.3 Å². The number of nitrogens with one attached hydrogen (secondary N) is 2. The zero-order chi connectivity index (χ0) is 29.4. The van der Waals surface area contributed by atoms with Crippen molar-refractivity contribution in [2.24, 2.45) is 33.8 Å². The molecule has 3 aromatic rings. The number of carbonyl (C=O) groups is 3. The molecule has 1 saturated carbocycles. The van der Waals surface area contributed by atoms with Gasteiger partial charge in [-0.1, -0.05) is 80.3 Å². The normalized spacial score (nSPS) is 15.5. The number of hydrogen-bond acceptors (Lipinski definition) is 5. The van der Waals surface area contributed by atoms with E-state index in [1.807, 2.05) is 42.5 Å². The Morgan fingerprint density at radius 1 is 0.805 bits per heavy atom. The minimum atomic E-state index is -0.936. The molecule has 10 N–H and O–H groups in total. The monoisotopic (exact) mass is 557 g/mol. The molecule has 0 aromatic heterocycles. The van der Waals surface area contributed by atoms with Crippen LogP contribution < -0.4 is 33.6 Å². The number of amides is 3. The number of rotatable bonds is 12. The first-order valence-corrected chi connectivity index (χ1v) is 14.0. The summed E-state index contributed by atoms with van der Waals surface area (Å²) < 4.78 is 0. The van der Waals surface area contributed by atoms with Gasteiger partial charge in [-0.25, -0.2) is 4.99 Å². The van der Waals surface area contributed by atoms with Crippen molar-refractivity contribution in [3.05, 3.63) is 77.9 Å². The number of carbonyl (C=O) groups excluding carboxylic acids is 3. The first-order chi connectivity index (χ1) is 19.7. The van der Waals surface area contributed by atoms with Gasteiger partial charge in [0.25, 0.3) is 0 Å². The van der Waals surface area contributed by atoms with E-state index in [4.69, 9.17) is 22.9 Å². The third-order valence-electron chi connectivity index (χ3n) is 7.63. The van der Waals surface area contributed by atoms with Gasteiger partial charge in [0.2, 0.25) is 17.7 Å². The lowest BCUT2D eigenvalue weighted by molar-refractivity contribution is -0.132. The predicted octanol–water partition coefficient (Wildman–Crippen LogP) is 1.89. The number of nitrogens with zero attached hydrogens (tertiary/aromatic N) is 1. The molecule has 216 valence electrons. The first kappa shape index (κ1) is 29.5. The van der Waals surface area contributed by atoms with E-state index in [9.17, 15) is 14.4 Å². The molecule has 0 spiro atoms. The number of benzene rings is 3. The lowest BCUT2D eigenvalue weighted by Gasteiger charge is -2.25. The summed E-state index contributed by atoms with van der Waals surface area (Å²) in [6.45, 7) is 0. The number of primary amides is 1. The molecule has 1 aliphatic rings. The molecule has 3 atom stereocenters. The van der Waals surface area contributed by atoms with Crippen LogP contribution in [-0.2, 0) is 27.2 Å². The smallest absolute Gasteiger partial charge is 0.243 e. The molecule has 10 heteroatoms. The fourth-order valence-electron chi connectivity index (χ4n) is 5.48. The van der Waals surface area contributed by atoms with Crippen LogP contribution in [-0.4, -0.2) is 41.8 Å². The van der Waals surface area contributed by atoms with Gasteiger partial charge in [0.1, 0.15) is 12.1 Å². The van der Waals surface area contributed by atoms with Gasteiger partial charge in [-0.2, -0.15) is 0 Å². The Labute approximate surface area is 239 Å². The second-order valence-corrected chi connectivity index (χ2v) is 10.8. The van der Waals surface area contributed by atoms with Crippen molar-refractivity contribution < 1.29 is 14.4 Å². The van der Waals surface area contributed by atoms with Gasteiger partial charge in [0.15, 0.2) is 5.96 Å². The van der Waals surface area contributed by atoms with Crippen molar-refractivity contribution in [1.82, 2.24) is 10.6 Å². The maximum Gasteiger partial charge on any atom is 0.243 e. The minimum absolute atomic E-state index is 0.0453. The SMILES string of the molecule is NC(=O)[C@H](Cc1cccc2ccccc12)NC(=O)[C@H](CC1CCCC1)NC(=O)[C@@H](N)Cc1ccc(N=C(N)N)cc1. The van der Waals surface area contributed by atoms with Crippen molar-refractivity contribution in [2.45, 2.75) is 63.1 Å². The van der Waals surface area contributed by atoms with Crippen molar-refractivity contribution >= 4 is 40.1 Å². The maximum atomic E-state index is 13.5. The van der Waals surface area contributed by atoms with E-state index in [-0.39, 0.29) is 18.8 Å². The Kier molecular flexibility index (Phi) is 9.91. The van der Waals surface area contributed by atoms with Gasteiger partial charge in [-0.15, -0.1) is 0 Å². The zero-order valence-corrected chi connectivity index (χ0v) is 23.1. The molecule has 0 heterocycles. The molecular formula is C31H39N7O3. The van der Waals surface area contributed by atoms with Crippen LogP contribution in [0.1, 0.15) is 43.2 Å². The van der Waals surface area contributed by atoms with Crippen LogP contribution in [0.4, 0.5) is 5.69 Å². The summed E-state index contributed by atoms with van der Waals surface area (Å²) >= 11 is 0. The van der Waals surface area contributed by atoms with E-state index >= 15 is 0 Å². The number of fused-ring (bicyclic) bond motifs is 1. The first-order valence-electron chi connectivity index (χ1n) is 14.0. The number of hydrogen-bond donors (Lipinski definition) is 6. The molecule has 1 aliphatic carbocycles. The Hall–Kier alpha value is -4.44. The fraction of sp³-hybridized carbons (Fsp3) is 0.355. The highest BCUT2D eigenvalue weighted by molar-refractivity contribution is 5.93. The van der Waals surface area contributed by atoms with Gasteiger partial charge in [-0.05, 0) is 52.8 Å². The van der Waals surface area contributed by atoms with Crippen molar-refractivity contribution in [3.63, 3.8) is 0 Å². The topological polar surface area (TPSA) is 192 Å². The van der Waals surface area contributed by atoms with E-state index in [1.165, 1.54) is 0 Å². The van der Waals surface area contributed by atoms with Crippen molar-refractivity contribution in [3.8, 4) is 0 Å². The molecule has 3 aromatic carbocycles. The van der Waals surface area contributed by atoms with E-state index in [0.717, 1.165) is 47.6 Å². The summed E-state index contributed by atoms with van der Waals surface area (Å²) in [5.74, 6) is -1.27. The second-order valence-electron chi connectivity index (χ2n) is 10.8. The van der Waals surface area contributed by atoms with Crippen LogP contribution >= 0.6 is 0 Å².